The van der Waals surface area contributed by atoms with E-state index in [0.717, 1.165) is 5.56 Å². The van der Waals surface area contributed by atoms with E-state index in [9.17, 15) is 5.11 Å². The summed E-state index contributed by atoms with van der Waals surface area (Å²) in [6.07, 6.45) is 1.63. The van der Waals surface area contributed by atoms with Crippen molar-refractivity contribution in [2.24, 2.45) is 0 Å². The van der Waals surface area contributed by atoms with Gasteiger partial charge >= 0.3 is 0 Å². The lowest BCUT2D eigenvalue weighted by atomic mass is 10.1. The van der Waals surface area contributed by atoms with Gasteiger partial charge in [0.05, 0.1) is 11.9 Å². The predicted octanol–water partition coefficient (Wildman–Crippen LogP) is 2.85. The number of aryl methyl sites for hydroxylation is 1. The fourth-order valence-corrected chi connectivity index (χ4v) is 2.01. The number of aromatic nitrogens is 3. The molecular weight excluding hydrogens is 268 g/mol. The van der Waals surface area contributed by atoms with Crippen LogP contribution in [0.5, 0.6) is 5.75 Å². The van der Waals surface area contributed by atoms with Crippen molar-refractivity contribution in [2.45, 2.75) is 6.92 Å². The van der Waals surface area contributed by atoms with Crippen LogP contribution < -0.4 is 5.32 Å². The minimum Gasteiger partial charge on any atom is -0.507 e. The molecule has 0 radical (unpaired) electrons. The molecule has 0 atom stereocenters. The molecule has 2 aromatic heterocycles. The number of hydrogen-bond donors (Lipinski definition) is 2. The van der Waals surface area contributed by atoms with E-state index < -0.39 is 0 Å². The number of aromatic hydroxyl groups is 1. The normalized spacial score (nSPS) is 10.6. The number of benzene rings is 1. The van der Waals surface area contributed by atoms with Gasteiger partial charge in [-0.3, -0.25) is 0 Å². The van der Waals surface area contributed by atoms with E-state index in [1.807, 2.05) is 6.07 Å². The summed E-state index contributed by atoms with van der Waals surface area (Å²) in [4.78, 5) is 4.04. The zero-order valence-electron chi connectivity index (χ0n) is 11.7. The number of rotatable bonds is 3. The lowest BCUT2D eigenvalue weighted by Gasteiger charge is -2.06. The van der Waals surface area contributed by atoms with E-state index in [1.54, 1.807) is 44.4 Å². The molecule has 3 rings (SSSR count). The van der Waals surface area contributed by atoms with Gasteiger partial charge in [0.2, 0.25) is 0 Å². The summed E-state index contributed by atoms with van der Waals surface area (Å²) in [7, 11) is 1.77. The van der Waals surface area contributed by atoms with Crippen LogP contribution in [0, 0.1) is 6.92 Å². The van der Waals surface area contributed by atoms with Crippen LogP contribution in [-0.4, -0.2) is 27.3 Å². The zero-order valence-corrected chi connectivity index (χ0v) is 11.7. The Kier molecular flexibility index (Phi) is 3.27. The number of anilines is 1. The highest BCUT2D eigenvalue weighted by molar-refractivity contribution is 5.72. The summed E-state index contributed by atoms with van der Waals surface area (Å²) in [5.74, 6) is 1.99. The first-order valence-electron chi connectivity index (χ1n) is 6.45. The molecule has 0 saturated carbocycles. The number of phenolic OH excluding ortho intramolecular Hbond substituents is 1. The maximum Gasteiger partial charge on any atom is 0.191 e. The Balaban J connectivity index is 1.97. The number of oxazole rings is 1. The third-order valence-corrected chi connectivity index (χ3v) is 3.10. The second kappa shape index (κ2) is 5.24. The van der Waals surface area contributed by atoms with E-state index >= 15 is 0 Å². The molecule has 2 N–H and O–H groups in total. The van der Waals surface area contributed by atoms with E-state index in [4.69, 9.17) is 4.42 Å². The molecule has 2 heterocycles. The zero-order chi connectivity index (χ0) is 14.8. The fourth-order valence-electron chi connectivity index (χ4n) is 2.01. The van der Waals surface area contributed by atoms with Gasteiger partial charge in [-0.2, -0.15) is 0 Å². The Bertz CT molecular complexity index is 766. The van der Waals surface area contributed by atoms with Crippen LogP contribution in [0.3, 0.4) is 0 Å². The van der Waals surface area contributed by atoms with Crippen molar-refractivity contribution in [3.05, 3.63) is 42.4 Å². The summed E-state index contributed by atoms with van der Waals surface area (Å²) >= 11 is 0. The highest BCUT2D eigenvalue weighted by atomic mass is 16.4. The van der Waals surface area contributed by atoms with Crippen molar-refractivity contribution in [3.63, 3.8) is 0 Å². The molecule has 1 aromatic carbocycles. The number of nitrogens with one attached hydrogen (secondary N) is 1. The van der Waals surface area contributed by atoms with Crippen molar-refractivity contribution >= 4 is 5.82 Å². The quantitative estimate of drug-likeness (QED) is 0.768. The van der Waals surface area contributed by atoms with Gasteiger partial charge in [-0.05, 0) is 24.3 Å². The molecule has 0 amide bonds. The minimum atomic E-state index is 0.119. The molecule has 106 valence electrons. The Hall–Kier alpha value is -2.89. The van der Waals surface area contributed by atoms with E-state index in [2.05, 4.69) is 20.5 Å². The van der Waals surface area contributed by atoms with Gasteiger partial charge in [0, 0.05) is 25.1 Å². The number of hydrogen-bond acceptors (Lipinski definition) is 6. The molecule has 0 fully saturated rings. The second-order valence-electron chi connectivity index (χ2n) is 4.53. The first kappa shape index (κ1) is 13.1. The fraction of sp³-hybridized carbons (Fsp3) is 0.133. The van der Waals surface area contributed by atoms with Crippen molar-refractivity contribution < 1.29 is 9.52 Å². The molecule has 6 nitrogen and oxygen atoms in total. The topological polar surface area (TPSA) is 84.1 Å². The van der Waals surface area contributed by atoms with Gasteiger partial charge in [0.1, 0.15) is 11.6 Å². The van der Waals surface area contributed by atoms with Gasteiger partial charge < -0.3 is 14.8 Å². The summed E-state index contributed by atoms with van der Waals surface area (Å²) < 4.78 is 5.44. The smallest absolute Gasteiger partial charge is 0.191 e. The van der Waals surface area contributed by atoms with Gasteiger partial charge in [-0.1, -0.05) is 6.07 Å². The van der Waals surface area contributed by atoms with Crippen LogP contribution in [0.4, 0.5) is 5.82 Å². The van der Waals surface area contributed by atoms with Crippen molar-refractivity contribution in [1.29, 1.82) is 0 Å². The number of phenols is 1. The number of nitrogens with zero attached hydrogens (tertiary/aromatic N) is 3. The highest BCUT2D eigenvalue weighted by Crippen LogP contribution is 2.32. The van der Waals surface area contributed by atoms with E-state index in [1.165, 1.54) is 0 Å². The van der Waals surface area contributed by atoms with Crippen molar-refractivity contribution in [3.8, 4) is 28.3 Å². The molecule has 0 aliphatic heterocycles. The average Bonchev–Trinajstić information content (AvgIpc) is 2.94. The molecule has 0 unspecified atom stereocenters. The van der Waals surface area contributed by atoms with Crippen LogP contribution in [0.1, 0.15) is 5.89 Å². The lowest BCUT2D eigenvalue weighted by molar-refractivity contribution is 0.476. The molecule has 0 saturated heterocycles. The predicted molar refractivity (Wildman–Crippen MR) is 78.9 cm³/mol. The largest absolute Gasteiger partial charge is 0.507 e. The monoisotopic (exact) mass is 282 g/mol. The van der Waals surface area contributed by atoms with Gasteiger partial charge in [-0.25, -0.2) is 4.98 Å². The summed E-state index contributed by atoms with van der Waals surface area (Å²) in [5.41, 5.74) is 1.98. The minimum absolute atomic E-state index is 0.119. The van der Waals surface area contributed by atoms with Crippen LogP contribution in [0.2, 0.25) is 0 Å². The SMILES string of the molecule is CNc1ccc(-c2ccc(-c3cnc(C)o3)cc2O)nn1. The summed E-state index contributed by atoms with van der Waals surface area (Å²) in [5, 5.41) is 21.2. The first-order chi connectivity index (χ1) is 10.2. The second-order valence-corrected chi connectivity index (χ2v) is 4.53. The molecule has 21 heavy (non-hydrogen) atoms. The molecule has 3 aromatic rings. The van der Waals surface area contributed by atoms with Gasteiger partial charge in [0.15, 0.2) is 11.7 Å². The van der Waals surface area contributed by atoms with Crippen LogP contribution in [0.25, 0.3) is 22.6 Å². The molecule has 6 heteroatoms. The van der Waals surface area contributed by atoms with Crippen molar-refractivity contribution in [2.75, 3.05) is 12.4 Å². The third kappa shape index (κ3) is 2.55. The van der Waals surface area contributed by atoms with Crippen molar-refractivity contribution in [1.82, 2.24) is 15.2 Å². The van der Waals surface area contributed by atoms with Crippen LogP contribution in [0.15, 0.2) is 40.9 Å². The Morgan fingerprint density at radius 3 is 2.57 bits per heavy atom. The van der Waals surface area contributed by atoms with E-state index in [0.29, 0.717) is 28.7 Å². The first-order valence-corrected chi connectivity index (χ1v) is 6.45. The standard InChI is InChI=1S/C15H14N4O2/c1-9-17-8-14(21-9)10-3-4-11(13(20)7-10)12-5-6-15(16-2)19-18-12/h3-8,20H,1-2H3,(H,16,19). The van der Waals surface area contributed by atoms with Crippen LogP contribution in [-0.2, 0) is 0 Å². The van der Waals surface area contributed by atoms with E-state index in [-0.39, 0.29) is 5.75 Å². The Morgan fingerprint density at radius 1 is 1.14 bits per heavy atom. The third-order valence-electron chi connectivity index (χ3n) is 3.10. The Morgan fingerprint density at radius 2 is 2.00 bits per heavy atom. The molecule has 0 aliphatic carbocycles. The lowest BCUT2D eigenvalue weighted by Crippen LogP contribution is -1.95. The summed E-state index contributed by atoms with van der Waals surface area (Å²) in [6, 6.07) is 8.86. The summed E-state index contributed by atoms with van der Waals surface area (Å²) in [6.45, 7) is 1.77. The molecule has 0 spiro atoms. The van der Waals surface area contributed by atoms with Gasteiger partial charge in [-0.15, -0.1) is 10.2 Å². The highest BCUT2D eigenvalue weighted by Gasteiger charge is 2.10. The average molecular weight is 282 g/mol. The maximum absolute atomic E-state index is 10.2. The molecular formula is C15H14N4O2. The maximum atomic E-state index is 10.2. The van der Waals surface area contributed by atoms with Crippen LogP contribution >= 0.6 is 0 Å². The molecule has 0 aliphatic rings. The van der Waals surface area contributed by atoms with Gasteiger partial charge in [0.25, 0.3) is 0 Å². The Labute approximate surface area is 121 Å². The molecule has 0 bridgehead atoms.